The van der Waals surface area contributed by atoms with Gasteiger partial charge in [0.15, 0.2) is 0 Å². The molecular weight excluding hydrogens is 164 g/mol. The van der Waals surface area contributed by atoms with Crippen LogP contribution >= 0.6 is 0 Å². The van der Waals surface area contributed by atoms with Crippen molar-refractivity contribution < 1.29 is 13.9 Å². The minimum absolute atomic E-state index is 0.157. The average Bonchev–Trinajstić information content (AvgIpc) is 2.03. The summed E-state index contributed by atoms with van der Waals surface area (Å²) in [5.41, 5.74) is 0.914. The van der Waals surface area contributed by atoms with Gasteiger partial charge in [-0.15, -0.1) is 0 Å². The number of aryl methyl sites for hydroxylation is 1. The van der Waals surface area contributed by atoms with Crippen molar-refractivity contribution in [2.75, 3.05) is 0 Å². The Morgan fingerprint density at radius 2 is 2.08 bits per heavy atom. The number of hydrogen-bond acceptors (Lipinski definition) is 2. The minimum Gasteiger partial charge on any atom is -0.382 e. The van der Waals surface area contributed by atoms with Crippen molar-refractivity contribution >= 4 is 0 Å². The Hall–Kier alpha value is -1.03. The van der Waals surface area contributed by atoms with Gasteiger partial charge in [0.1, 0.15) is 6.10 Å². The molecule has 0 aliphatic rings. The first-order valence-electron chi connectivity index (χ1n) is 3.49. The number of pyridine rings is 1. The number of rotatable bonds is 2. The van der Waals surface area contributed by atoms with Crippen molar-refractivity contribution in [3.8, 4) is 0 Å². The van der Waals surface area contributed by atoms with Crippen molar-refractivity contribution in [3.63, 3.8) is 0 Å². The van der Waals surface area contributed by atoms with Gasteiger partial charge in [0, 0.05) is 18.0 Å². The monoisotopic (exact) mass is 173 g/mol. The molecule has 4 heteroatoms. The second-order valence-electron chi connectivity index (χ2n) is 2.57. The zero-order chi connectivity index (χ0) is 9.14. The fourth-order valence-corrected chi connectivity index (χ4v) is 0.886. The van der Waals surface area contributed by atoms with Crippen molar-refractivity contribution in [1.82, 2.24) is 4.98 Å². The van der Waals surface area contributed by atoms with E-state index in [-0.39, 0.29) is 5.56 Å². The lowest BCUT2D eigenvalue weighted by molar-refractivity contribution is -0.00599. The summed E-state index contributed by atoms with van der Waals surface area (Å²) in [7, 11) is 0. The van der Waals surface area contributed by atoms with E-state index in [4.69, 9.17) is 5.11 Å². The van der Waals surface area contributed by atoms with Crippen LogP contribution in [-0.4, -0.2) is 16.5 Å². The second kappa shape index (κ2) is 3.58. The molecule has 0 amide bonds. The molecule has 0 aliphatic carbocycles. The summed E-state index contributed by atoms with van der Waals surface area (Å²) in [5, 5.41) is 8.93. The van der Waals surface area contributed by atoms with E-state index in [0.717, 1.165) is 5.56 Å². The third-order valence-electron chi connectivity index (χ3n) is 1.48. The Morgan fingerprint density at radius 3 is 2.58 bits per heavy atom. The van der Waals surface area contributed by atoms with Gasteiger partial charge < -0.3 is 5.11 Å². The van der Waals surface area contributed by atoms with Gasteiger partial charge >= 0.3 is 0 Å². The largest absolute Gasteiger partial charge is 0.382 e. The molecule has 0 bridgehead atoms. The van der Waals surface area contributed by atoms with Crippen LogP contribution in [-0.2, 0) is 0 Å². The van der Waals surface area contributed by atoms with Gasteiger partial charge in [-0.3, -0.25) is 4.98 Å². The summed E-state index contributed by atoms with van der Waals surface area (Å²) in [6.07, 6.45) is -1.70. The van der Waals surface area contributed by atoms with Crippen molar-refractivity contribution in [3.05, 3.63) is 29.6 Å². The minimum atomic E-state index is -2.76. The van der Waals surface area contributed by atoms with E-state index in [1.54, 1.807) is 13.1 Å². The van der Waals surface area contributed by atoms with Gasteiger partial charge in [-0.1, -0.05) is 6.07 Å². The van der Waals surface area contributed by atoms with Gasteiger partial charge in [-0.05, 0) is 12.5 Å². The van der Waals surface area contributed by atoms with Gasteiger partial charge in [-0.25, -0.2) is 8.78 Å². The third-order valence-corrected chi connectivity index (χ3v) is 1.48. The smallest absolute Gasteiger partial charge is 0.268 e. The third kappa shape index (κ3) is 1.98. The highest BCUT2D eigenvalue weighted by molar-refractivity contribution is 5.19. The quantitative estimate of drug-likeness (QED) is 0.738. The van der Waals surface area contributed by atoms with Crippen LogP contribution < -0.4 is 0 Å². The zero-order valence-corrected chi connectivity index (χ0v) is 6.54. The Labute approximate surface area is 68.9 Å². The summed E-state index contributed by atoms with van der Waals surface area (Å²) in [6.45, 7) is 1.73. The lowest BCUT2D eigenvalue weighted by atomic mass is 10.1. The molecule has 1 heterocycles. The van der Waals surface area contributed by atoms with E-state index in [2.05, 4.69) is 4.98 Å². The average molecular weight is 173 g/mol. The number of aromatic nitrogens is 1. The first-order chi connectivity index (χ1) is 5.61. The SMILES string of the molecule is Cc1cncc(C(O)C(F)F)c1. The highest BCUT2D eigenvalue weighted by Gasteiger charge is 2.18. The molecule has 0 aromatic carbocycles. The normalized spacial score (nSPS) is 13.4. The van der Waals surface area contributed by atoms with Gasteiger partial charge in [0.2, 0.25) is 0 Å². The van der Waals surface area contributed by atoms with E-state index in [1.807, 2.05) is 0 Å². The van der Waals surface area contributed by atoms with Crippen LogP contribution in [0.25, 0.3) is 0 Å². The van der Waals surface area contributed by atoms with Crippen LogP contribution in [0.1, 0.15) is 17.2 Å². The summed E-state index contributed by atoms with van der Waals surface area (Å²) < 4.78 is 23.9. The van der Waals surface area contributed by atoms with E-state index >= 15 is 0 Å². The van der Waals surface area contributed by atoms with Crippen LogP contribution in [0.15, 0.2) is 18.5 Å². The molecule has 2 nitrogen and oxygen atoms in total. The summed E-state index contributed by atoms with van der Waals surface area (Å²) in [5.74, 6) is 0. The molecule has 1 aromatic heterocycles. The molecule has 1 atom stereocenters. The van der Waals surface area contributed by atoms with Crippen LogP contribution in [0.5, 0.6) is 0 Å². The first-order valence-corrected chi connectivity index (χ1v) is 3.49. The predicted octanol–water partition coefficient (Wildman–Crippen LogP) is 1.69. The number of halogens is 2. The maximum atomic E-state index is 12.0. The molecule has 0 saturated heterocycles. The molecular formula is C8H9F2NO. The number of nitrogens with zero attached hydrogens (tertiary/aromatic N) is 1. The van der Waals surface area contributed by atoms with Crippen LogP contribution in [0.3, 0.4) is 0 Å². The molecule has 1 N–H and O–H groups in total. The van der Waals surface area contributed by atoms with E-state index in [0.29, 0.717) is 0 Å². The number of hydrogen-bond donors (Lipinski definition) is 1. The fraction of sp³-hybridized carbons (Fsp3) is 0.375. The zero-order valence-electron chi connectivity index (χ0n) is 6.54. The van der Waals surface area contributed by atoms with Crippen molar-refractivity contribution in [2.45, 2.75) is 19.5 Å². The van der Waals surface area contributed by atoms with Crippen LogP contribution in [0, 0.1) is 6.92 Å². The Morgan fingerprint density at radius 1 is 1.42 bits per heavy atom. The lowest BCUT2D eigenvalue weighted by Gasteiger charge is -2.08. The van der Waals surface area contributed by atoms with Crippen molar-refractivity contribution in [2.24, 2.45) is 0 Å². The molecule has 12 heavy (non-hydrogen) atoms. The molecule has 66 valence electrons. The molecule has 0 radical (unpaired) electrons. The summed E-state index contributed by atoms with van der Waals surface area (Å²) in [6, 6.07) is 1.49. The molecule has 0 aliphatic heterocycles. The van der Waals surface area contributed by atoms with E-state index < -0.39 is 12.5 Å². The maximum absolute atomic E-state index is 12.0. The summed E-state index contributed by atoms with van der Waals surface area (Å²) in [4.78, 5) is 3.69. The molecule has 0 fully saturated rings. The second-order valence-corrected chi connectivity index (χ2v) is 2.57. The highest BCUT2D eigenvalue weighted by Crippen LogP contribution is 2.19. The molecule has 1 unspecified atom stereocenters. The van der Waals surface area contributed by atoms with Crippen LogP contribution in [0.4, 0.5) is 8.78 Å². The van der Waals surface area contributed by atoms with E-state index in [1.165, 1.54) is 12.3 Å². The van der Waals surface area contributed by atoms with Crippen LogP contribution in [0.2, 0.25) is 0 Å². The molecule has 1 rings (SSSR count). The Kier molecular flexibility index (Phi) is 2.70. The molecule has 1 aromatic rings. The van der Waals surface area contributed by atoms with Gasteiger partial charge in [-0.2, -0.15) is 0 Å². The topological polar surface area (TPSA) is 33.1 Å². The predicted molar refractivity (Wildman–Crippen MR) is 39.9 cm³/mol. The van der Waals surface area contributed by atoms with Gasteiger partial charge in [0.05, 0.1) is 0 Å². The Bertz CT molecular complexity index is 265. The fourth-order valence-electron chi connectivity index (χ4n) is 0.886. The number of aliphatic hydroxyl groups excluding tert-OH is 1. The number of aliphatic hydroxyl groups is 1. The maximum Gasteiger partial charge on any atom is 0.268 e. The highest BCUT2D eigenvalue weighted by atomic mass is 19.3. The molecule has 0 saturated carbocycles. The molecule has 0 spiro atoms. The standard InChI is InChI=1S/C8H9F2NO/c1-5-2-6(4-11-3-5)7(12)8(9)10/h2-4,7-8,12H,1H3. The Balaban J connectivity index is 2.88. The summed E-state index contributed by atoms with van der Waals surface area (Å²) >= 11 is 0. The van der Waals surface area contributed by atoms with Gasteiger partial charge in [0.25, 0.3) is 6.43 Å². The van der Waals surface area contributed by atoms with Crippen molar-refractivity contribution in [1.29, 1.82) is 0 Å². The van der Waals surface area contributed by atoms with E-state index in [9.17, 15) is 8.78 Å². The number of alkyl halides is 2. The first kappa shape index (κ1) is 9.06. The lowest BCUT2D eigenvalue weighted by Crippen LogP contribution is -2.08.